The van der Waals surface area contributed by atoms with Gasteiger partial charge in [-0.2, -0.15) is 5.10 Å². The number of nitrogens with zero attached hydrogens (tertiary/aromatic N) is 2. The Morgan fingerprint density at radius 1 is 1.17 bits per heavy atom. The van der Waals surface area contributed by atoms with Crippen LogP contribution >= 0.6 is 0 Å². The fraction of sp³-hybridized carbons (Fsp3) is 0.0952. The molecule has 0 aliphatic carbocycles. The lowest BCUT2D eigenvalue weighted by molar-refractivity contribution is -0.132. The summed E-state index contributed by atoms with van der Waals surface area (Å²) >= 11 is 0. The third-order valence-electron chi connectivity index (χ3n) is 4.64. The van der Waals surface area contributed by atoms with Crippen LogP contribution in [0.2, 0.25) is 0 Å². The third-order valence-corrected chi connectivity index (χ3v) is 4.64. The molecule has 1 aromatic heterocycles. The molecule has 1 atom stereocenters. The van der Waals surface area contributed by atoms with E-state index >= 15 is 0 Å². The summed E-state index contributed by atoms with van der Waals surface area (Å²) in [5, 5.41) is 19.2. The molecule has 0 saturated heterocycles. The molecule has 1 aliphatic rings. The number of rotatable bonds is 4. The summed E-state index contributed by atoms with van der Waals surface area (Å²) in [4.78, 5) is 24.4. The Hall–Kier alpha value is -3.94. The van der Waals surface area contributed by atoms with Crippen LogP contribution in [-0.4, -0.2) is 26.8 Å². The van der Waals surface area contributed by atoms with Gasteiger partial charge in [-0.1, -0.05) is 35.9 Å². The molecule has 0 spiro atoms. The van der Waals surface area contributed by atoms with Crippen LogP contribution in [0.1, 0.15) is 27.5 Å². The molecule has 8 heteroatoms. The van der Waals surface area contributed by atoms with E-state index in [1.165, 1.54) is 23.0 Å². The van der Waals surface area contributed by atoms with Crippen molar-refractivity contribution >= 4 is 23.4 Å². The van der Waals surface area contributed by atoms with E-state index in [0.717, 1.165) is 5.56 Å². The number of hydrogen-bond acceptors (Lipinski definition) is 4. The Morgan fingerprint density at radius 3 is 2.59 bits per heavy atom. The molecule has 29 heavy (non-hydrogen) atoms. The molecular formula is C21H17FN4O3. The van der Waals surface area contributed by atoms with Crippen LogP contribution in [0.4, 0.5) is 15.9 Å². The van der Waals surface area contributed by atoms with Crippen LogP contribution in [0, 0.1) is 12.7 Å². The van der Waals surface area contributed by atoms with Gasteiger partial charge in [-0.3, -0.25) is 4.79 Å². The molecule has 3 N–H and O–H groups in total. The van der Waals surface area contributed by atoms with Gasteiger partial charge in [-0.25, -0.2) is 13.9 Å². The minimum Gasteiger partial charge on any atom is -0.477 e. The number of halogens is 1. The topological polar surface area (TPSA) is 96.3 Å². The van der Waals surface area contributed by atoms with E-state index in [-0.39, 0.29) is 22.6 Å². The number of anilines is 2. The van der Waals surface area contributed by atoms with Crippen molar-refractivity contribution in [1.82, 2.24) is 9.78 Å². The SMILES string of the molecule is Cc1ccc(NC(=O)c2cnn3c2NC(C(=O)O)=C[C@@H]3c2ccccc2F)cc1. The van der Waals surface area contributed by atoms with Crippen LogP contribution in [0.5, 0.6) is 0 Å². The van der Waals surface area contributed by atoms with Crippen molar-refractivity contribution < 1.29 is 19.1 Å². The number of amides is 1. The summed E-state index contributed by atoms with van der Waals surface area (Å²) in [6.07, 6.45) is 2.70. The lowest BCUT2D eigenvalue weighted by atomic mass is 10.0. The minimum absolute atomic E-state index is 0.152. The first kappa shape index (κ1) is 18.4. The van der Waals surface area contributed by atoms with E-state index in [0.29, 0.717) is 5.69 Å². The monoisotopic (exact) mass is 392 g/mol. The number of carboxylic acid groups (broad SMARTS) is 1. The number of benzene rings is 2. The van der Waals surface area contributed by atoms with Crippen molar-refractivity contribution in [2.45, 2.75) is 13.0 Å². The van der Waals surface area contributed by atoms with E-state index in [1.807, 2.05) is 19.1 Å². The maximum absolute atomic E-state index is 14.4. The van der Waals surface area contributed by atoms with E-state index < -0.39 is 23.7 Å². The summed E-state index contributed by atoms with van der Waals surface area (Å²) in [6, 6.07) is 12.5. The molecular weight excluding hydrogens is 375 g/mol. The number of aliphatic carboxylic acids is 1. The summed E-state index contributed by atoms with van der Waals surface area (Å²) < 4.78 is 15.8. The van der Waals surface area contributed by atoms with Crippen LogP contribution in [0.25, 0.3) is 0 Å². The number of carbonyl (C=O) groups is 2. The second-order valence-electron chi connectivity index (χ2n) is 6.65. The number of carboxylic acids is 1. The normalized spacial score (nSPS) is 15.1. The summed E-state index contributed by atoms with van der Waals surface area (Å²) in [7, 11) is 0. The van der Waals surface area contributed by atoms with Gasteiger partial charge in [0.25, 0.3) is 5.91 Å². The molecule has 3 aromatic rings. The summed E-state index contributed by atoms with van der Waals surface area (Å²) in [6.45, 7) is 1.94. The standard InChI is InChI=1S/C21H17FN4O3/c1-12-6-8-13(9-7-12)24-20(27)15-11-23-26-18(14-4-2-3-5-16(14)22)10-17(21(28)29)25-19(15)26/h2-11,18,25H,1H3,(H,24,27)(H,28,29)/t18-/m1/s1. The van der Waals surface area contributed by atoms with Gasteiger partial charge in [0, 0.05) is 11.3 Å². The lowest BCUT2D eigenvalue weighted by Crippen LogP contribution is -2.26. The minimum atomic E-state index is -1.22. The number of carbonyl (C=O) groups excluding carboxylic acids is 1. The first-order chi connectivity index (χ1) is 13.9. The molecule has 0 saturated carbocycles. The van der Waals surface area contributed by atoms with E-state index in [4.69, 9.17) is 0 Å². The van der Waals surface area contributed by atoms with Crippen molar-refractivity contribution in [1.29, 1.82) is 0 Å². The highest BCUT2D eigenvalue weighted by atomic mass is 19.1. The van der Waals surface area contributed by atoms with Gasteiger partial charge < -0.3 is 15.7 Å². The highest BCUT2D eigenvalue weighted by molar-refractivity contribution is 6.08. The van der Waals surface area contributed by atoms with Crippen molar-refractivity contribution in [3.63, 3.8) is 0 Å². The number of fused-ring (bicyclic) bond motifs is 1. The van der Waals surface area contributed by atoms with Gasteiger partial charge in [0.15, 0.2) is 0 Å². The fourth-order valence-electron chi connectivity index (χ4n) is 3.16. The maximum Gasteiger partial charge on any atom is 0.352 e. The maximum atomic E-state index is 14.4. The molecule has 146 valence electrons. The van der Waals surface area contributed by atoms with Crippen LogP contribution in [0.3, 0.4) is 0 Å². The number of allylic oxidation sites excluding steroid dienone is 1. The largest absolute Gasteiger partial charge is 0.477 e. The smallest absolute Gasteiger partial charge is 0.352 e. The van der Waals surface area contributed by atoms with Gasteiger partial charge in [-0.05, 0) is 31.2 Å². The number of hydrogen-bond donors (Lipinski definition) is 3. The number of nitrogens with one attached hydrogen (secondary N) is 2. The zero-order valence-electron chi connectivity index (χ0n) is 15.4. The van der Waals surface area contributed by atoms with E-state index in [1.54, 1.807) is 30.3 Å². The van der Waals surface area contributed by atoms with E-state index in [2.05, 4.69) is 15.7 Å². The van der Waals surface area contributed by atoms with Crippen LogP contribution in [-0.2, 0) is 4.79 Å². The van der Waals surface area contributed by atoms with Crippen LogP contribution < -0.4 is 10.6 Å². The highest BCUT2D eigenvalue weighted by Crippen LogP contribution is 2.33. The molecule has 0 radical (unpaired) electrons. The highest BCUT2D eigenvalue weighted by Gasteiger charge is 2.30. The number of aryl methyl sites for hydroxylation is 1. The Bertz CT molecular complexity index is 1140. The molecule has 0 unspecified atom stereocenters. The molecule has 4 rings (SSSR count). The Morgan fingerprint density at radius 2 is 1.90 bits per heavy atom. The van der Waals surface area contributed by atoms with Gasteiger partial charge in [-0.15, -0.1) is 0 Å². The molecule has 7 nitrogen and oxygen atoms in total. The van der Waals surface area contributed by atoms with Crippen molar-refractivity contribution in [2.24, 2.45) is 0 Å². The van der Waals surface area contributed by atoms with Crippen molar-refractivity contribution in [3.8, 4) is 0 Å². The first-order valence-electron chi connectivity index (χ1n) is 8.86. The molecule has 0 bridgehead atoms. The molecule has 0 fully saturated rings. The predicted molar refractivity (Wildman–Crippen MR) is 105 cm³/mol. The third kappa shape index (κ3) is 3.47. The number of aromatic nitrogens is 2. The predicted octanol–water partition coefficient (Wildman–Crippen LogP) is 3.57. The molecule has 1 aliphatic heterocycles. The quantitative estimate of drug-likeness (QED) is 0.631. The average molecular weight is 392 g/mol. The fourth-order valence-corrected chi connectivity index (χ4v) is 3.16. The second-order valence-corrected chi connectivity index (χ2v) is 6.65. The zero-order valence-corrected chi connectivity index (χ0v) is 15.4. The Labute approximate surface area is 165 Å². The molecule has 2 aromatic carbocycles. The van der Waals surface area contributed by atoms with Crippen molar-refractivity contribution in [2.75, 3.05) is 10.6 Å². The van der Waals surface area contributed by atoms with E-state index in [9.17, 15) is 19.1 Å². The van der Waals surface area contributed by atoms with Gasteiger partial charge in [0.2, 0.25) is 0 Å². The zero-order chi connectivity index (χ0) is 20.5. The summed E-state index contributed by atoms with van der Waals surface area (Å²) in [5.41, 5.74) is 1.89. The Kier molecular flexibility index (Phi) is 4.59. The Balaban J connectivity index is 1.73. The summed E-state index contributed by atoms with van der Waals surface area (Å²) in [5.74, 6) is -1.99. The molecule has 2 heterocycles. The first-order valence-corrected chi connectivity index (χ1v) is 8.86. The molecule has 1 amide bonds. The van der Waals surface area contributed by atoms with Gasteiger partial charge >= 0.3 is 5.97 Å². The van der Waals surface area contributed by atoms with Gasteiger partial charge in [0.05, 0.1) is 6.20 Å². The lowest BCUT2D eigenvalue weighted by Gasteiger charge is -2.24. The van der Waals surface area contributed by atoms with Crippen LogP contribution in [0.15, 0.2) is 66.5 Å². The van der Waals surface area contributed by atoms with Crippen molar-refractivity contribution in [3.05, 3.63) is 89.0 Å². The average Bonchev–Trinajstić information content (AvgIpc) is 3.13. The van der Waals surface area contributed by atoms with Gasteiger partial charge in [0.1, 0.15) is 28.9 Å². The second kappa shape index (κ2) is 7.23.